The number of carbonyl (C=O) groups excluding carboxylic acids is 1. The number of hydrogen-bond acceptors (Lipinski definition) is 4. The standard InChI is InChI=1S/C23H28N2O4S/c1-16-10-13-20(30(27,28)25-18-11-12-18)14-21(16)23(26)24-15-17-6-2-5-9-22(17)29-19-7-3-4-8-19/h2,5-6,9-10,13-14,18-19,25H,3-4,7-8,11-12,15H2,1H3,(H,24,26). The van der Waals surface area contributed by atoms with Gasteiger partial charge in [-0.25, -0.2) is 13.1 Å². The van der Waals surface area contributed by atoms with Gasteiger partial charge in [-0.2, -0.15) is 0 Å². The van der Waals surface area contributed by atoms with Crippen molar-refractivity contribution in [3.8, 4) is 5.75 Å². The molecule has 2 fully saturated rings. The molecule has 0 heterocycles. The molecule has 1 amide bonds. The number of para-hydroxylation sites is 1. The zero-order valence-electron chi connectivity index (χ0n) is 17.2. The summed E-state index contributed by atoms with van der Waals surface area (Å²) in [6.07, 6.45) is 6.48. The van der Waals surface area contributed by atoms with Crippen LogP contribution in [0.5, 0.6) is 5.75 Å². The highest BCUT2D eigenvalue weighted by Crippen LogP contribution is 2.27. The van der Waals surface area contributed by atoms with Crippen molar-refractivity contribution in [2.45, 2.75) is 69.0 Å². The minimum atomic E-state index is -3.61. The lowest BCUT2D eigenvalue weighted by Gasteiger charge is -2.17. The van der Waals surface area contributed by atoms with E-state index in [1.807, 2.05) is 24.3 Å². The van der Waals surface area contributed by atoms with E-state index in [4.69, 9.17) is 4.74 Å². The van der Waals surface area contributed by atoms with Crippen LogP contribution in [0.2, 0.25) is 0 Å². The third-order valence-electron chi connectivity index (χ3n) is 5.67. The number of aryl methyl sites for hydroxylation is 1. The molecule has 6 nitrogen and oxygen atoms in total. The van der Waals surface area contributed by atoms with E-state index in [9.17, 15) is 13.2 Å². The number of ether oxygens (including phenoxy) is 1. The second kappa shape index (κ2) is 8.78. The lowest BCUT2D eigenvalue weighted by atomic mass is 10.1. The van der Waals surface area contributed by atoms with Crippen molar-refractivity contribution in [1.29, 1.82) is 0 Å². The van der Waals surface area contributed by atoms with Gasteiger partial charge in [0.15, 0.2) is 0 Å². The monoisotopic (exact) mass is 428 g/mol. The van der Waals surface area contributed by atoms with Crippen LogP contribution in [-0.2, 0) is 16.6 Å². The minimum Gasteiger partial charge on any atom is -0.490 e. The number of hydrogen-bond donors (Lipinski definition) is 2. The fourth-order valence-corrected chi connectivity index (χ4v) is 5.05. The van der Waals surface area contributed by atoms with E-state index < -0.39 is 10.0 Å². The maximum Gasteiger partial charge on any atom is 0.251 e. The molecule has 4 rings (SSSR count). The predicted octanol–water partition coefficient (Wildman–Crippen LogP) is 3.69. The third kappa shape index (κ3) is 5.02. The molecular formula is C23H28N2O4S. The van der Waals surface area contributed by atoms with Gasteiger partial charge in [0.2, 0.25) is 10.0 Å². The van der Waals surface area contributed by atoms with Crippen molar-refractivity contribution in [1.82, 2.24) is 10.0 Å². The molecule has 0 atom stereocenters. The summed E-state index contributed by atoms with van der Waals surface area (Å²) in [6.45, 7) is 2.12. The first kappa shape index (κ1) is 20.9. The topological polar surface area (TPSA) is 84.5 Å². The number of nitrogens with one attached hydrogen (secondary N) is 2. The van der Waals surface area contributed by atoms with Crippen molar-refractivity contribution in [2.75, 3.05) is 0 Å². The van der Waals surface area contributed by atoms with Gasteiger partial charge < -0.3 is 10.1 Å². The first-order valence-corrected chi connectivity index (χ1v) is 12.1. The predicted molar refractivity (Wildman–Crippen MR) is 115 cm³/mol. The molecule has 2 aliphatic carbocycles. The van der Waals surface area contributed by atoms with Crippen LogP contribution < -0.4 is 14.8 Å². The van der Waals surface area contributed by atoms with Gasteiger partial charge in [-0.1, -0.05) is 24.3 Å². The Labute approximate surface area is 178 Å². The number of rotatable bonds is 8. The van der Waals surface area contributed by atoms with Gasteiger partial charge in [-0.15, -0.1) is 0 Å². The van der Waals surface area contributed by atoms with Gasteiger partial charge >= 0.3 is 0 Å². The maximum absolute atomic E-state index is 12.8. The Kier molecular flexibility index (Phi) is 6.11. The molecule has 0 bridgehead atoms. The van der Waals surface area contributed by atoms with E-state index in [0.717, 1.165) is 42.6 Å². The van der Waals surface area contributed by atoms with Crippen molar-refractivity contribution < 1.29 is 17.9 Å². The largest absolute Gasteiger partial charge is 0.490 e. The van der Waals surface area contributed by atoms with Crippen LogP contribution in [0.25, 0.3) is 0 Å². The van der Waals surface area contributed by atoms with Crippen molar-refractivity contribution in [2.24, 2.45) is 0 Å². The van der Waals surface area contributed by atoms with E-state index in [0.29, 0.717) is 12.1 Å². The maximum atomic E-state index is 12.8. The summed E-state index contributed by atoms with van der Waals surface area (Å²) < 4.78 is 33.8. The van der Waals surface area contributed by atoms with Crippen LogP contribution in [0.1, 0.15) is 60.0 Å². The van der Waals surface area contributed by atoms with Gasteiger partial charge in [0.05, 0.1) is 11.0 Å². The molecule has 2 aromatic rings. The number of benzene rings is 2. The van der Waals surface area contributed by atoms with Crippen molar-refractivity contribution in [3.05, 3.63) is 59.2 Å². The van der Waals surface area contributed by atoms with Crippen LogP contribution in [0, 0.1) is 6.92 Å². The summed E-state index contributed by atoms with van der Waals surface area (Å²) in [4.78, 5) is 13.0. The summed E-state index contributed by atoms with van der Waals surface area (Å²) in [5.74, 6) is 0.498. The van der Waals surface area contributed by atoms with Gasteiger partial charge in [0, 0.05) is 23.7 Å². The fourth-order valence-electron chi connectivity index (χ4n) is 3.72. The van der Waals surface area contributed by atoms with Gasteiger partial charge in [-0.05, 0) is 69.2 Å². The van der Waals surface area contributed by atoms with E-state index in [1.54, 1.807) is 19.1 Å². The molecule has 30 heavy (non-hydrogen) atoms. The van der Waals surface area contributed by atoms with E-state index in [-0.39, 0.29) is 22.9 Å². The molecule has 2 saturated carbocycles. The zero-order valence-corrected chi connectivity index (χ0v) is 18.0. The van der Waals surface area contributed by atoms with Crippen LogP contribution in [0.15, 0.2) is 47.4 Å². The molecule has 2 aliphatic rings. The minimum absolute atomic E-state index is 0.0185. The molecule has 0 spiro atoms. The molecule has 2 aromatic carbocycles. The normalized spacial score (nSPS) is 17.1. The Bertz CT molecular complexity index is 1030. The molecule has 160 valence electrons. The van der Waals surface area contributed by atoms with Crippen LogP contribution >= 0.6 is 0 Å². The van der Waals surface area contributed by atoms with Crippen LogP contribution in [-0.4, -0.2) is 26.5 Å². The molecule has 2 N–H and O–H groups in total. The van der Waals surface area contributed by atoms with E-state index in [2.05, 4.69) is 10.0 Å². The van der Waals surface area contributed by atoms with Gasteiger partial charge in [0.1, 0.15) is 5.75 Å². The first-order chi connectivity index (χ1) is 14.4. The highest BCUT2D eigenvalue weighted by Gasteiger charge is 2.28. The average molecular weight is 429 g/mol. The Morgan fingerprint density at radius 1 is 1.07 bits per heavy atom. The van der Waals surface area contributed by atoms with Crippen LogP contribution in [0.4, 0.5) is 0 Å². The molecule has 0 radical (unpaired) electrons. The zero-order chi connectivity index (χ0) is 21.1. The summed E-state index contributed by atoms with van der Waals surface area (Å²) in [5.41, 5.74) is 2.01. The Balaban J connectivity index is 1.46. The first-order valence-electron chi connectivity index (χ1n) is 10.6. The number of carbonyl (C=O) groups is 1. The molecule has 7 heteroatoms. The summed E-state index contributed by atoms with van der Waals surface area (Å²) in [5, 5.41) is 2.92. The highest BCUT2D eigenvalue weighted by atomic mass is 32.2. The lowest BCUT2D eigenvalue weighted by molar-refractivity contribution is 0.0949. The summed E-state index contributed by atoms with van der Waals surface area (Å²) in [7, 11) is -3.61. The van der Waals surface area contributed by atoms with E-state index >= 15 is 0 Å². The SMILES string of the molecule is Cc1ccc(S(=O)(=O)NC2CC2)cc1C(=O)NCc1ccccc1OC1CCCC1. The van der Waals surface area contributed by atoms with Crippen molar-refractivity contribution >= 4 is 15.9 Å². The van der Waals surface area contributed by atoms with E-state index in [1.165, 1.54) is 18.9 Å². The Hall–Kier alpha value is -2.38. The smallest absolute Gasteiger partial charge is 0.251 e. The molecule has 0 aliphatic heterocycles. The Morgan fingerprint density at radius 2 is 1.80 bits per heavy atom. The van der Waals surface area contributed by atoms with Gasteiger partial charge in [0.25, 0.3) is 5.91 Å². The third-order valence-corrected chi connectivity index (χ3v) is 7.19. The molecule has 0 saturated heterocycles. The molecular weight excluding hydrogens is 400 g/mol. The van der Waals surface area contributed by atoms with Crippen molar-refractivity contribution in [3.63, 3.8) is 0 Å². The summed E-state index contributed by atoms with van der Waals surface area (Å²) >= 11 is 0. The average Bonchev–Trinajstić information content (AvgIpc) is 3.37. The second-order valence-electron chi connectivity index (χ2n) is 8.19. The second-order valence-corrected chi connectivity index (χ2v) is 9.90. The fraction of sp³-hybridized carbons (Fsp3) is 0.435. The lowest BCUT2D eigenvalue weighted by Crippen LogP contribution is -2.27. The number of sulfonamides is 1. The number of amides is 1. The van der Waals surface area contributed by atoms with Gasteiger partial charge in [-0.3, -0.25) is 4.79 Å². The quantitative estimate of drug-likeness (QED) is 0.672. The Morgan fingerprint density at radius 3 is 2.53 bits per heavy atom. The summed E-state index contributed by atoms with van der Waals surface area (Å²) in [6, 6.07) is 12.4. The molecule has 0 unspecified atom stereocenters. The molecule has 0 aromatic heterocycles. The van der Waals surface area contributed by atoms with Crippen LogP contribution in [0.3, 0.4) is 0 Å². The highest BCUT2D eigenvalue weighted by molar-refractivity contribution is 7.89.